The van der Waals surface area contributed by atoms with Crippen LogP contribution in [0, 0.1) is 5.41 Å². The van der Waals surface area contributed by atoms with Gasteiger partial charge in [0.05, 0.1) is 6.54 Å². The second-order valence-corrected chi connectivity index (χ2v) is 3.84. The van der Waals surface area contributed by atoms with Crippen LogP contribution in [0.3, 0.4) is 0 Å². The van der Waals surface area contributed by atoms with Crippen LogP contribution in [0.15, 0.2) is 0 Å². The highest BCUT2D eigenvalue weighted by molar-refractivity contribution is 5.79. The molecule has 0 aliphatic heterocycles. The monoisotopic (exact) mass is 172 g/mol. The van der Waals surface area contributed by atoms with Gasteiger partial charge in [-0.05, 0) is 5.41 Å². The molecule has 0 aromatic rings. The molecule has 70 valence electrons. The highest BCUT2D eigenvalue weighted by atomic mass is 16.2. The van der Waals surface area contributed by atoms with Crippen LogP contribution in [0.25, 0.3) is 0 Å². The fraction of sp³-hybridized carbons (Fsp3) is 0.750. The third-order valence-corrected chi connectivity index (χ3v) is 1.16. The minimum absolute atomic E-state index is 0.0551. The second kappa shape index (κ2) is 4.74. The first-order valence-corrected chi connectivity index (χ1v) is 3.89. The molecule has 0 aromatic carbocycles. The van der Waals surface area contributed by atoms with Gasteiger partial charge in [0, 0.05) is 6.54 Å². The van der Waals surface area contributed by atoms with Gasteiger partial charge in [-0.2, -0.15) is 0 Å². The average Bonchev–Trinajstić information content (AvgIpc) is 1.95. The summed E-state index contributed by atoms with van der Waals surface area (Å²) in [6, 6.07) is 0. The van der Waals surface area contributed by atoms with Gasteiger partial charge in [-0.15, -0.1) is 0 Å². The Balaban J connectivity index is 3.51. The molecule has 0 bridgehead atoms. The van der Waals surface area contributed by atoms with E-state index in [0.717, 1.165) is 0 Å². The number of carbonyl (C=O) groups is 2. The van der Waals surface area contributed by atoms with E-state index in [1.807, 2.05) is 20.8 Å². The lowest BCUT2D eigenvalue weighted by Gasteiger charge is -2.18. The minimum Gasteiger partial charge on any atom is -0.354 e. The predicted octanol–water partition coefficient (Wildman–Crippen LogP) is -0.105. The van der Waals surface area contributed by atoms with Crippen molar-refractivity contribution < 1.29 is 9.59 Å². The van der Waals surface area contributed by atoms with Crippen molar-refractivity contribution in [3.63, 3.8) is 0 Å². The molecule has 0 aliphatic rings. The number of hydrogen-bond donors (Lipinski definition) is 2. The van der Waals surface area contributed by atoms with Gasteiger partial charge < -0.3 is 10.6 Å². The van der Waals surface area contributed by atoms with Crippen molar-refractivity contribution in [2.75, 3.05) is 13.1 Å². The molecule has 4 heteroatoms. The van der Waals surface area contributed by atoms with E-state index in [0.29, 0.717) is 13.0 Å². The Morgan fingerprint density at radius 2 is 2.00 bits per heavy atom. The van der Waals surface area contributed by atoms with Crippen molar-refractivity contribution >= 4 is 12.3 Å². The molecule has 4 nitrogen and oxygen atoms in total. The summed E-state index contributed by atoms with van der Waals surface area (Å²) in [5, 5.41) is 4.99. The van der Waals surface area contributed by atoms with Crippen molar-refractivity contribution in [3.8, 4) is 0 Å². The summed E-state index contributed by atoms with van der Waals surface area (Å²) in [6.07, 6.45) is 0.511. The Bertz CT molecular complexity index is 161. The SMILES string of the molecule is CC(C)(C)CNC(=O)CNC=O. The van der Waals surface area contributed by atoms with Crippen molar-refractivity contribution in [2.24, 2.45) is 5.41 Å². The van der Waals surface area contributed by atoms with E-state index in [9.17, 15) is 9.59 Å². The van der Waals surface area contributed by atoms with Gasteiger partial charge >= 0.3 is 0 Å². The molecular formula is C8H16N2O2. The number of amides is 2. The standard InChI is InChI=1S/C8H16N2O2/c1-8(2,3)5-10-7(12)4-9-6-11/h6H,4-5H2,1-3H3,(H,9,11)(H,10,12). The van der Waals surface area contributed by atoms with Gasteiger partial charge in [-0.1, -0.05) is 20.8 Å². The lowest BCUT2D eigenvalue weighted by Crippen LogP contribution is -2.37. The zero-order chi connectivity index (χ0) is 9.61. The van der Waals surface area contributed by atoms with Crippen molar-refractivity contribution in [3.05, 3.63) is 0 Å². The number of carbonyl (C=O) groups excluding carboxylic acids is 2. The van der Waals surface area contributed by atoms with Crippen LogP contribution in [0.2, 0.25) is 0 Å². The first-order chi connectivity index (χ1) is 5.45. The van der Waals surface area contributed by atoms with Crippen LogP contribution < -0.4 is 10.6 Å². The summed E-state index contributed by atoms with van der Waals surface area (Å²) in [5.41, 5.74) is 0.0802. The molecule has 0 fully saturated rings. The van der Waals surface area contributed by atoms with Crippen LogP contribution in [0.5, 0.6) is 0 Å². The molecule has 0 spiro atoms. The van der Waals surface area contributed by atoms with Gasteiger partial charge in [0.15, 0.2) is 0 Å². The Kier molecular flexibility index (Phi) is 4.33. The maximum atomic E-state index is 10.9. The quantitative estimate of drug-likeness (QED) is 0.581. The molecule has 0 aromatic heterocycles. The molecule has 0 radical (unpaired) electrons. The molecule has 0 unspecified atom stereocenters. The fourth-order valence-electron chi connectivity index (χ4n) is 0.561. The summed E-state index contributed by atoms with van der Waals surface area (Å²) in [6.45, 7) is 6.76. The summed E-state index contributed by atoms with van der Waals surface area (Å²) >= 11 is 0. The number of hydrogen-bond acceptors (Lipinski definition) is 2. The smallest absolute Gasteiger partial charge is 0.239 e. The molecule has 0 saturated heterocycles. The third kappa shape index (κ3) is 7.05. The number of rotatable bonds is 4. The maximum Gasteiger partial charge on any atom is 0.239 e. The van der Waals surface area contributed by atoms with E-state index in [2.05, 4.69) is 10.6 Å². The predicted molar refractivity (Wildman–Crippen MR) is 46.5 cm³/mol. The molecule has 12 heavy (non-hydrogen) atoms. The number of nitrogens with one attached hydrogen (secondary N) is 2. The molecular weight excluding hydrogens is 156 g/mol. The van der Waals surface area contributed by atoms with E-state index < -0.39 is 0 Å². The highest BCUT2D eigenvalue weighted by Crippen LogP contribution is 2.09. The highest BCUT2D eigenvalue weighted by Gasteiger charge is 2.10. The third-order valence-electron chi connectivity index (χ3n) is 1.16. The maximum absolute atomic E-state index is 10.9. The van der Waals surface area contributed by atoms with Gasteiger partial charge in [-0.25, -0.2) is 0 Å². The van der Waals surface area contributed by atoms with Crippen LogP contribution >= 0.6 is 0 Å². The summed E-state index contributed by atoms with van der Waals surface area (Å²) in [7, 11) is 0. The van der Waals surface area contributed by atoms with E-state index >= 15 is 0 Å². The van der Waals surface area contributed by atoms with Crippen molar-refractivity contribution in [1.82, 2.24) is 10.6 Å². The van der Waals surface area contributed by atoms with Crippen molar-refractivity contribution in [2.45, 2.75) is 20.8 Å². The van der Waals surface area contributed by atoms with Gasteiger partial charge in [-0.3, -0.25) is 9.59 Å². The normalized spacial score (nSPS) is 10.6. The van der Waals surface area contributed by atoms with Crippen LogP contribution in [0.1, 0.15) is 20.8 Å². The molecule has 0 rings (SSSR count). The summed E-state index contributed by atoms with van der Waals surface area (Å²) in [4.78, 5) is 20.7. The second-order valence-electron chi connectivity index (χ2n) is 3.84. The summed E-state index contributed by atoms with van der Waals surface area (Å²) < 4.78 is 0. The van der Waals surface area contributed by atoms with E-state index in [1.54, 1.807) is 0 Å². The first-order valence-electron chi connectivity index (χ1n) is 3.89. The average molecular weight is 172 g/mol. The zero-order valence-corrected chi connectivity index (χ0v) is 7.81. The van der Waals surface area contributed by atoms with Gasteiger partial charge in [0.2, 0.25) is 12.3 Å². The summed E-state index contributed by atoms with van der Waals surface area (Å²) in [5.74, 6) is -0.156. The topological polar surface area (TPSA) is 58.2 Å². The molecule has 2 N–H and O–H groups in total. The van der Waals surface area contributed by atoms with E-state index in [4.69, 9.17) is 0 Å². The van der Waals surface area contributed by atoms with Crippen LogP contribution in [0.4, 0.5) is 0 Å². The first kappa shape index (κ1) is 10.9. The molecule has 0 saturated carbocycles. The lowest BCUT2D eigenvalue weighted by atomic mass is 9.97. The minimum atomic E-state index is -0.156. The molecule has 2 amide bonds. The largest absolute Gasteiger partial charge is 0.354 e. The fourth-order valence-corrected chi connectivity index (χ4v) is 0.561. The van der Waals surface area contributed by atoms with Crippen molar-refractivity contribution in [1.29, 1.82) is 0 Å². The molecule has 0 heterocycles. The van der Waals surface area contributed by atoms with E-state index in [1.165, 1.54) is 0 Å². The Hall–Kier alpha value is -1.06. The van der Waals surface area contributed by atoms with Gasteiger partial charge in [0.1, 0.15) is 0 Å². The van der Waals surface area contributed by atoms with Crippen LogP contribution in [-0.2, 0) is 9.59 Å². The van der Waals surface area contributed by atoms with Gasteiger partial charge in [0.25, 0.3) is 0 Å². The molecule has 0 aliphatic carbocycles. The van der Waals surface area contributed by atoms with E-state index in [-0.39, 0.29) is 17.9 Å². The zero-order valence-electron chi connectivity index (χ0n) is 7.81. The van der Waals surface area contributed by atoms with Crippen LogP contribution in [-0.4, -0.2) is 25.4 Å². The lowest BCUT2D eigenvalue weighted by molar-refractivity contribution is -0.122. The Morgan fingerprint density at radius 3 is 2.42 bits per heavy atom. The Morgan fingerprint density at radius 1 is 1.42 bits per heavy atom. The molecule has 0 atom stereocenters. The Labute approximate surface area is 72.7 Å².